The van der Waals surface area contributed by atoms with E-state index in [9.17, 15) is 10.1 Å². The Hall–Kier alpha value is -3.36. The molecule has 0 unspecified atom stereocenters. The predicted octanol–water partition coefficient (Wildman–Crippen LogP) is 5.00. The van der Waals surface area contributed by atoms with Gasteiger partial charge in [0, 0.05) is 11.3 Å². The maximum Gasteiger partial charge on any atom is 0.266 e. The topological polar surface area (TPSA) is 70.7 Å². The largest absolute Gasteiger partial charge is 0.321 e. The third kappa shape index (κ3) is 3.98. The van der Waals surface area contributed by atoms with Gasteiger partial charge in [-0.2, -0.15) is 10.4 Å². The summed E-state index contributed by atoms with van der Waals surface area (Å²) in [6, 6.07) is 17.1. The van der Waals surface area contributed by atoms with Crippen molar-refractivity contribution in [3.63, 3.8) is 0 Å². The van der Waals surface area contributed by atoms with Gasteiger partial charge in [0.15, 0.2) is 0 Å². The molecule has 0 bridgehead atoms. The lowest BCUT2D eigenvalue weighted by atomic mass is 10.1. The van der Waals surface area contributed by atoms with E-state index in [2.05, 4.69) is 10.4 Å². The quantitative estimate of drug-likeness (QED) is 0.503. The van der Waals surface area contributed by atoms with Gasteiger partial charge in [0.25, 0.3) is 5.91 Å². The summed E-state index contributed by atoms with van der Waals surface area (Å²) in [5, 5.41) is 17.1. The highest BCUT2D eigenvalue weighted by molar-refractivity contribution is 6.31. The Morgan fingerprint density at radius 1 is 1.18 bits per heavy atom. The Balaban J connectivity index is 1.94. The smallest absolute Gasteiger partial charge is 0.266 e. The number of para-hydroxylation sites is 1. The SMILES string of the molecule is Cc1ccc(NC(=O)C(C#N)=Cc2c(C)nn(-c3ccccc3)c2Cl)c(C)c1. The number of nitriles is 1. The van der Waals surface area contributed by atoms with Crippen molar-refractivity contribution in [1.29, 1.82) is 5.26 Å². The molecule has 5 nitrogen and oxygen atoms in total. The molecule has 3 aromatic rings. The van der Waals surface area contributed by atoms with Crippen molar-refractivity contribution in [1.82, 2.24) is 9.78 Å². The molecule has 0 saturated heterocycles. The third-order valence-corrected chi connectivity index (χ3v) is 4.70. The number of hydrogen-bond donors (Lipinski definition) is 1. The molecule has 0 aliphatic rings. The zero-order chi connectivity index (χ0) is 20.3. The van der Waals surface area contributed by atoms with Crippen molar-refractivity contribution < 1.29 is 4.79 Å². The van der Waals surface area contributed by atoms with Crippen molar-refractivity contribution in [2.24, 2.45) is 0 Å². The van der Waals surface area contributed by atoms with E-state index in [1.807, 2.05) is 68.4 Å². The molecule has 3 rings (SSSR count). The van der Waals surface area contributed by atoms with Crippen LogP contribution in [0.15, 0.2) is 54.1 Å². The number of anilines is 1. The lowest BCUT2D eigenvalue weighted by Crippen LogP contribution is -2.14. The number of rotatable bonds is 4. The molecule has 0 spiro atoms. The van der Waals surface area contributed by atoms with E-state index >= 15 is 0 Å². The van der Waals surface area contributed by atoms with Gasteiger partial charge in [0.2, 0.25) is 0 Å². The molecule has 0 radical (unpaired) electrons. The maximum atomic E-state index is 12.6. The summed E-state index contributed by atoms with van der Waals surface area (Å²) in [6.45, 7) is 5.67. The first kappa shape index (κ1) is 19.4. The third-order valence-electron chi connectivity index (χ3n) is 4.33. The Labute approximate surface area is 168 Å². The van der Waals surface area contributed by atoms with Crippen LogP contribution in [0, 0.1) is 32.1 Å². The molecule has 0 aliphatic carbocycles. The lowest BCUT2D eigenvalue weighted by Gasteiger charge is -2.08. The number of carbonyl (C=O) groups excluding carboxylic acids is 1. The molecule has 1 amide bonds. The van der Waals surface area contributed by atoms with Crippen LogP contribution < -0.4 is 5.32 Å². The minimum absolute atomic E-state index is 0.0439. The number of amides is 1. The van der Waals surface area contributed by atoms with E-state index in [-0.39, 0.29) is 5.57 Å². The number of benzene rings is 2. The van der Waals surface area contributed by atoms with Gasteiger partial charge in [0.05, 0.1) is 11.4 Å². The highest BCUT2D eigenvalue weighted by Crippen LogP contribution is 2.26. The Morgan fingerprint density at radius 3 is 2.54 bits per heavy atom. The van der Waals surface area contributed by atoms with Gasteiger partial charge in [-0.05, 0) is 50.6 Å². The van der Waals surface area contributed by atoms with Crippen LogP contribution in [0.3, 0.4) is 0 Å². The predicted molar refractivity (Wildman–Crippen MR) is 111 cm³/mol. The molecule has 140 valence electrons. The van der Waals surface area contributed by atoms with Crippen molar-refractivity contribution in [2.45, 2.75) is 20.8 Å². The summed E-state index contributed by atoms with van der Waals surface area (Å²) in [5.74, 6) is -0.489. The minimum atomic E-state index is -0.489. The monoisotopic (exact) mass is 390 g/mol. The summed E-state index contributed by atoms with van der Waals surface area (Å²) in [7, 11) is 0. The second-order valence-electron chi connectivity index (χ2n) is 6.48. The van der Waals surface area contributed by atoms with Crippen LogP contribution in [0.5, 0.6) is 0 Å². The fourth-order valence-electron chi connectivity index (χ4n) is 2.85. The first-order valence-corrected chi connectivity index (χ1v) is 9.09. The average molecular weight is 391 g/mol. The zero-order valence-electron chi connectivity index (χ0n) is 15.8. The van der Waals surface area contributed by atoms with Gasteiger partial charge in [-0.1, -0.05) is 47.5 Å². The van der Waals surface area contributed by atoms with Crippen LogP contribution in [-0.4, -0.2) is 15.7 Å². The molecule has 0 atom stereocenters. The molecule has 0 fully saturated rings. The summed E-state index contributed by atoms with van der Waals surface area (Å²) < 4.78 is 1.58. The Morgan fingerprint density at radius 2 is 1.89 bits per heavy atom. The first-order valence-electron chi connectivity index (χ1n) is 8.71. The zero-order valence-corrected chi connectivity index (χ0v) is 16.6. The lowest BCUT2D eigenvalue weighted by molar-refractivity contribution is -0.112. The van der Waals surface area contributed by atoms with E-state index in [0.717, 1.165) is 16.8 Å². The van der Waals surface area contributed by atoms with Crippen molar-refractivity contribution in [3.8, 4) is 11.8 Å². The molecule has 28 heavy (non-hydrogen) atoms. The maximum absolute atomic E-state index is 12.6. The highest BCUT2D eigenvalue weighted by atomic mass is 35.5. The standard InChI is InChI=1S/C22H19ClN4O/c1-14-9-10-20(15(2)11-14)25-22(28)17(13-24)12-19-16(3)26-27(21(19)23)18-7-5-4-6-8-18/h4-12H,1-3H3,(H,25,28). The van der Waals surface area contributed by atoms with Crippen molar-refractivity contribution in [3.05, 3.63) is 81.6 Å². The summed E-state index contributed by atoms with van der Waals surface area (Å²) in [4.78, 5) is 12.6. The van der Waals surface area contributed by atoms with Gasteiger partial charge >= 0.3 is 0 Å². The first-order chi connectivity index (χ1) is 13.4. The van der Waals surface area contributed by atoms with Crippen molar-refractivity contribution in [2.75, 3.05) is 5.32 Å². The minimum Gasteiger partial charge on any atom is -0.321 e. The summed E-state index contributed by atoms with van der Waals surface area (Å²) in [6.07, 6.45) is 1.48. The van der Waals surface area contributed by atoms with E-state index in [1.54, 1.807) is 11.6 Å². The second-order valence-corrected chi connectivity index (χ2v) is 6.84. The van der Waals surface area contributed by atoms with Gasteiger partial charge in [0.1, 0.15) is 16.8 Å². The van der Waals surface area contributed by atoms with Crippen LogP contribution in [0.4, 0.5) is 5.69 Å². The molecule has 6 heteroatoms. The van der Waals surface area contributed by atoms with Gasteiger partial charge in [-0.25, -0.2) is 4.68 Å². The van der Waals surface area contributed by atoms with Crippen LogP contribution >= 0.6 is 11.6 Å². The number of nitrogens with one attached hydrogen (secondary N) is 1. The Bertz CT molecular complexity index is 1110. The summed E-state index contributed by atoms with van der Waals surface area (Å²) in [5.41, 5.74) is 4.61. The molecular formula is C22H19ClN4O. The highest BCUT2D eigenvalue weighted by Gasteiger charge is 2.17. The second kappa shape index (κ2) is 8.12. The average Bonchev–Trinajstić information content (AvgIpc) is 2.96. The van der Waals surface area contributed by atoms with E-state index in [0.29, 0.717) is 22.1 Å². The van der Waals surface area contributed by atoms with E-state index < -0.39 is 5.91 Å². The number of carbonyl (C=O) groups is 1. The number of aryl methyl sites for hydroxylation is 3. The van der Waals surface area contributed by atoms with Gasteiger partial charge in [-0.3, -0.25) is 4.79 Å². The normalized spacial score (nSPS) is 11.2. The molecule has 0 saturated carbocycles. The van der Waals surface area contributed by atoms with Crippen LogP contribution in [0.25, 0.3) is 11.8 Å². The summed E-state index contributed by atoms with van der Waals surface area (Å²) >= 11 is 6.49. The van der Waals surface area contributed by atoms with E-state index in [4.69, 9.17) is 11.6 Å². The number of aromatic nitrogens is 2. The molecular weight excluding hydrogens is 372 g/mol. The fourth-order valence-corrected chi connectivity index (χ4v) is 3.18. The molecule has 1 N–H and O–H groups in total. The van der Waals surface area contributed by atoms with Crippen molar-refractivity contribution >= 4 is 29.3 Å². The number of halogens is 1. The Kier molecular flexibility index (Phi) is 5.62. The van der Waals surface area contributed by atoms with Gasteiger partial charge < -0.3 is 5.32 Å². The molecule has 2 aromatic carbocycles. The van der Waals surface area contributed by atoms with E-state index in [1.165, 1.54) is 6.08 Å². The number of hydrogen-bond acceptors (Lipinski definition) is 3. The van der Waals surface area contributed by atoms with Crippen LogP contribution in [0.2, 0.25) is 5.15 Å². The molecule has 1 heterocycles. The van der Waals surface area contributed by atoms with Crippen LogP contribution in [-0.2, 0) is 4.79 Å². The molecule has 1 aromatic heterocycles. The molecule has 0 aliphatic heterocycles. The van der Waals surface area contributed by atoms with Gasteiger partial charge in [-0.15, -0.1) is 0 Å². The fraction of sp³-hybridized carbons (Fsp3) is 0.136. The van der Waals surface area contributed by atoms with Crippen LogP contribution in [0.1, 0.15) is 22.4 Å². The number of nitrogens with zero attached hydrogens (tertiary/aromatic N) is 3.